The Kier molecular flexibility index (Phi) is 4.61. The zero-order valence-corrected chi connectivity index (χ0v) is 13.2. The van der Waals surface area contributed by atoms with Gasteiger partial charge in [0.2, 0.25) is 0 Å². The third kappa shape index (κ3) is 3.22. The second-order valence-electron chi connectivity index (χ2n) is 6.18. The lowest BCUT2D eigenvalue weighted by Gasteiger charge is -2.20. The fourth-order valence-electron chi connectivity index (χ4n) is 3.22. The molecule has 1 saturated heterocycles. The third-order valence-corrected chi connectivity index (χ3v) is 4.40. The summed E-state index contributed by atoms with van der Waals surface area (Å²) in [5.41, 5.74) is 0.711. The molecule has 1 aromatic heterocycles. The zero-order chi connectivity index (χ0) is 16.4. The molecule has 0 aromatic carbocycles. The molecule has 1 aromatic rings. The normalized spacial score (nSPS) is 25.2. The van der Waals surface area contributed by atoms with Gasteiger partial charge in [-0.25, -0.2) is 0 Å². The lowest BCUT2D eigenvalue weighted by molar-refractivity contribution is -0.122. The Morgan fingerprint density at radius 2 is 2.26 bits per heavy atom. The van der Waals surface area contributed by atoms with Crippen molar-refractivity contribution in [2.75, 3.05) is 6.61 Å². The summed E-state index contributed by atoms with van der Waals surface area (Å²) in [6.45, 7) is 2.59. The van der Waals surface area contributed by atoms with Crippen LogP contribution in [0.4, 0.5) is 0 Å². The maximum Gasteiger partial charge on any atom is 0.170 e. The van der Waals surface area contributed by atoms with E-state index in [1.807, 2.05) is 6.92 Å². The van der Waals surface area contributed by atoms with Gasteiger partial charge in [0.1, 0.15) is 23.3 Å². The van der Waals surface area contributed by atoms with Gasteiger partial charge in [0.25, 0.3) is 0 Å². The Morgan fingerprint density at radius 3 is 2.91 bits per heavy atom. The van der Waals surface area contributed by atoms with Gasteiger partial charge in [0.05, 0.1) is 5.57 Å². The van der Waals surface area contributed by atoms with Crippen LogP contribution in [0.15, 0.2) is 21.9 Å². The largest absolute Gasteiger partial charge is 0.511 e. The first-order chi connectivity index (χ1) is 11.1. The quantitative estimate of drug-likeness (QED) is 0.839. The molecule has 2 atom stereocenters. The molecule has 0 spiro atoms. The van der Waals surface area contributed by atoms with Crippen LogP contribution in [0.5, 0.6) is 0 Å². The van der Waals surface area contributed by atoms with E-state index in [-0.39, 0.29) is 54.2 Å². The Bertz CT molecular complexity index is 639. The summed E-state index contributed by atoms with van der Waals surface area (Å²) in [7, 11) is 0. The van der Waals surface area contributed by atoms with Gasteiger partial charge < -0.3 is 14.4 Å². The van der Waals surface area contributed by atoms with Crippen molar-refractivity contribution in [1.82, 2.24) is 5.16 Å². The number of hydrogen-bond donors (Lipinski definition) is 1. The number of aromatic nitrogens is 1. The van der Waals surface area contributed by atoms with Crippen LogP contribution >= 0.6 is 0 Å². The van der Waals surface area contributed by atoms with E-state index in [2.05, 4.69) is 5.16 Å². The minimum absolute atomic E-state index is 0.0260. The number of nitrogens with zero attached hydrogens (tertiary/aromatic N) is 1. The van der Waals surface area contributed by atoms with Crippen molar-refractivity contribution in [2.45, 2.75) is 57.5 Å². The standard InChI is InChI=1S/C17H21NO5/c1-2-4-12(19)17-13(20)7-10(8-14(17)21)16-9-11(18-23-16)15-5-3-6-22-15/h9-10,15,20H,2-8H2,1H3. The number of carbonyl (C=O) groups excluding carboxylic acids is 2. The first-order valence-electron chi connectivity index (χ1n) is 8.16. The molecule has 0 amide bonds. The summed E-state index contributed by atoms with van der Waals surface area (Å²) in [6, 6.07) is 1.81. The lowest BCUT2D eigenvalue weighted by Crippen LogP contribution is -2.23. The maximum atomic E-state index is 12.2. The second-order valence-corrected chi connectivity index (χ2v) is 6.18. The topological polar surface area (TPSA) is 89.6 Å². The fraction of sp³-hybridized carbons (Fsp3) is 0.588. The van der Waals surface area contributed by atoms with Crippen molar-refractivity contribution in [3.05, 3.63) is 28.9 Å². The first kappa shape index (κ1) is 15.9. The predicted molar refractivity (Wildman–Crippen MR) is 81.0 cm³/mol. The van der Waals surface area contributed by atoms with Crippen molar-refractivity contribution in [1.29, 1.82) is 0 Å². The van der Waals surface area contributed by atoms with Gasteiger partial charge in [-0.15, -0.1) is 0 Å². The highest BCUT2D eigenvalue weighted by Gasteiger charge is 2.34. The molecule has 3 rings (SSSR count). The molecule has 124 valence electrons. The molecule has 0 bridgehead atoms. The van der Waals surface area contributed by atoms with Gasteiger partial charge in [-0.3, -0.25) is 9.59 Å². The van der Waals surface area contributed by atoms with Gasteiger partial charge in [0.15, 0.2) is 11.6 Å². The number of rotatable bonds is 5. The highest BCUT2D eigenvalue weighted by atomic mass is 16.5. The maximum absolute atomic E-state index is 12.2. The number of Topliss-reactive ketones (excluding diaryl/α,β-unsaturated/α-hetero) is 2. The number of ether oxygens (including phenoxy) is 1. The molecule has 1 aliphatic carbocycles. The van der Waals surface area contributed by atoms with Gasteiger partial charge in [0, 0.05) is 37.9 Å². The van der Waals surface area contributed by atoms with Crippen LogP contribution in [0.2, 0.25) is 0 Å². The molecule has 23 heavy (non-hydrogen) atoms. The van der Waals surface area contributed by atoms with Crippen molar-refractivity contribution in [3.63, 3.8) is 0 Å². The number of carbonyl (C=O) groups is 2. The van der Waals surface area contributed by atoms with Gasteiger partial charge >= 0.3 is 0 Å². The first-order valence-corrected chi connectivity index (χ1v) is 8.16. The molecular formula is C17H21NO5. The van der Waals surface area contributed by atoms with Gasteiger partial charge in [-0.2, -0.15) is 0 Å². The summed E-state index contributed by atoms with van der Waals surface area (Å²) in [5, 5.41) is 14.2. The third-order valence-electron chi connectivity index (χ3n) is 4.40. The Morgan fingerprint density at radius 1 is 1.43 bits per heavy atom. The average Bonchev–Trinajstić information content (AvgIpc) is 3.18. The molecule has 0 radical (unpaired) electrons. The Hall–Kier alpha value is -1.95. The van der Waals surface area contributed by atoms with Crippen LogP contribution in [0.3, 0.4) is 0 Å². The zero-order valence-electron chi connectivity index (χ0n) is 13.2. The highest BCUT2D eigenvalue weighted by Crippen LogP contribution is 2.36. The van der Waals surface area contributed by atoms with E-state index in [9.17, 15) is 14.7 Å². The van der Waals surface area contributed by atoms with Crippen molar-refractivity contribution >= 4 is 11.6 Å². The van der Waals surface area contributed by atoms with Gasteiger partial charge in [-0.05, 0) is 19.3 Å². The molecule has 1 N–H and O–H groups in total. The monoisotopic (exact) mass is 319 g/mol. The summed E-state index contributed by atoms with van der Waals surface area (Å²) in [4.78, 5) is 24.2. The molecular weight excluding hydrogens is 298 g/mol. The minimum Gasteiger partial charge on any atom is -0.511 e. The smallest absolute Gasteiger partial charge is 0.170 e. The van der Waals surface area contributed by atoms with Crippen LogP contribution in [-0.2, 0) is 14.3 Å². The van der Waals surface area contributed by atoms with Crippen LogP contribution in [0.1, 0.15) is 68.9 Å². The molecule has 1 fully saturated rings. The summed E-state index contributed by atoms with van der Waals surface area (Å²) < 4.78 is 10.9. The molecule has 2 aliphatic rings. The van der Waals surface area contributed by atoms with E-state index in [0.717, 1.165) is 25.1 Å². The number of ketones is 2. The summed E-state index contributed by atoms with van der Waals surface area (Å²) in [5.74, 6) is -0.418. The van der Waals surface area contributed by atoms with E-state index in [0.29, 0.717) is 12.2 Å². The molecule has 6 nitrogen and oxygen atoms in total. The van der Waals surface area contributed by atoms with Gasteiger partial charge in [-0.1, -0.05) is 12.1 Å². The van der Waals surface area contributed by atoms with Crippen molar-refractivity contribution < 1.29 is 24.0 Å². The molecule has 6 heteroatoms. The molecule has 2 heterocycles. The van der Waals surface area contributed by atoms with E-state index < -0.39 is 0 Å². The van der Waals surface area contributed by atoms with Crippen LogP contribution in [0, 0.1) is 0 Å². The van der Waals surface area contributed by atoms with Crippen LogP contribution in [-0.4, -0.2) is 28.4 Å². The van der Waals surface area contributed by atoms with E-state index >= 15 is 0 Å². The summed E-state index contributed by atoms with van der Waals surface area (Å²) in [6.07, 6.45) is 3.20. The van der Waals surface area contributed by atoms with E-state index in [1.165, 1.54) is 0 Å². The van der Waals surface area contributed by atoms with E-state index in [4.69, 9.17) is 9.26 Å². The molecule has 2 unspecified atom stereocenters. The Labute approximate surface area is 134 Å². The molecule has 0 saturated carbocycles. The summed E-state index contributed by atoms with van der Waals surface area (Å²) >= 11 is 0. The lowest BCUT2D eigenvalue weighted by atomic mass is 9.83. The minimum atomic E-state index is -0.313. The van der Waals surface area contributed by atoms with Crippen LogP contribution < -0.4 is 0 Å². The van der Waals surface area contributed by atoms with E-state index in [1.54, 1.807) is 6.07 Å². The van der Waals surface area contributed by atoms with Crippen molar-refractivity contribution in [2.24, 2.45) is 0 Å². The average molecular weight is 319 g/mol. The number of hydrogen-bond acceptors (Lipinski definition) is 6. The highest BCUT2D eigenvalue weighted by molar-refractivity contribution is 6.21. The SMILES string of the molecule is CCCC(=O)C1=C(O)CC(c2cc(C3CCCO3)no2)CC1=O. The number of allylic oxidation sites excluding steroid dienone is 2. The van der Waals surface area contributed by atoms with Crippen LogP contribution in [0.25, 0.3) is 0 Å². The van der Waals surface area contributed by atoms with Crippen molar-refractivity contribution in [3.8, 4) is 0 Å². The number of aliphatic hydroxyl groups excluding tert-OH is 1. The predicted octanol–water partition coefficient (Wildman–Crippen LogP) is 3.15. The fourth-order valence-corrected chi connectivity index (χ4v) is 3.22. The second kappa shape index (κ2) is 6.66. The Balaban J connectivity index is 1.76. The molecule has 1 aliphatic heterocycles. The number of aliphatic hydroxyl groups is 1.